The van der Waals surface area contributed by atoms with Gasteiger partial charge in [-0.15, -0.1) is 0 Å². The minimum absolute atomic E-state index is 0.0186. The maximum Gasteiger partial charge on any atom is 0.272 e. The van der Waals surface area contributed by atoms with Crippen molar-refractivity contribution in [1.29, 1.82) is 0 Å². The number of rotatable bonds is 4. The van der Waals surface area contributed by atoms with Crippen LogP contribution in [-0.4, -0.2) is 15.9 Å². The van der Waals surface area contributed by atoms with Gasteiger partial charge in [-0.1, -0.05) is 41.9 Å². The van der Waals surface area contributed by atoms with Gasteiger partial charge in [0.2, 0.25) is 0 Å². The van der Waals surface area contributed by atoms with Crippen LogP contribution in [0.2, 0.25) is 5.02 Å². The van der Waals surface area contributed by atoms with Gasteiger partial charge in [0.25, 0.3) is 5.91 Å². The van der Waals surface area contributed by atoms with Crippen molar-refractivity contribution in [2.45, 2.75) is 25.8 Å². The zero-order valence-electron chi connectivity index (χ0n) is 11.7. The molecule has 1 aromatic heterocycles. The van der Waals surface area contributed by atoms with Gasteiger partial charge in [0.15, 0.2) is 0 Å². The first-order chi connectivity index (χ1) is 10.1. The first-order valence-corrected chi connectivity index (χ1v) is 7.38. The van der Waals surface area contributed by atoms with E-state index in [1.807, 2.05) is 30.3 Å². The molecule has 1 saturated carbocycles. The van der Waals surface area contributed by atoms with E-state index in [2.05, 4.69) is 15.3 Å². The third-order valence-corrected chi connectivity index (χ3v) is 3.89. The lowest BCUT2D eigenvalue weighted by Crippen LogP contribution is -2.31. The SMILES string of the molecule is Cc1ncc(Cl)c(C(=O)N[C@@H](c2ccccc2)C2CC2)n1. The quantitative estimate of drug-likeness (QED) is 0.942. The monoisotopic (exact) mass is 301 g/mol. The van der Waals surface area contributed by atoms with E-state index in [1.54, 1.807) is 6.92 Å². The summed E-state index contributed by atoms with van der Waals surface area (Å²) < 4.78 is 0. The second-order valence-electron chi connectivity index (χ2n) is 5.31. The summed E-state index contributed by atoms with van der Waals surface area (Å²) in [6, 6.07) is 10.0. The molecule has 1 amide bonds. The molecule has 0 unspecified atom stereocenters. The Morgan fingerprint density at radius 1 is 1.33 bits per heavy atom. The molecule has 0 aliphatic heterocycles. The first kappa shape index (κ1) is 14.0. The fraction of sp³-hybridized carbons (Fsp3) is 0.312. The molecule has 21 heavy (non-hydrogen) atoms. The van der Waals surface area contributed by atoms with E-state index in [1.165, 1.54) is 6.20 Å². The lowest BCUT2D eigenvalue weighted by atomic mass is 10.0. The zero-order chi connectivity index (χ0) is 14.8. The van der Waals surface area contributed by atoms with Gasteiger partial charge in [-0.05, 0) is 31.2 Å². The van der Waals surface area contributed by atoms with Crippen molar-refractivity contribution in [2.24, 2.45) is 5.92 Å². The predicted molar refractivity (Wildman–Crippen MR) is 81.2 cm³/mol. The first-order valence-electron chi connectivity index (χ1n) is 7.00. The summed E-state index contributed by atoms with van der Waals surface area (Å²) in [6.07, 6.45) is 3.74. The average Bonchev–Trinajstić information content (AvgIpc) is 3.32. The van der Waals surface area contributed by atoms with Crippen molar-refractivity contribution < 1.29 is 4.79 Å². The number of carbonyl (C=O) groups is 1. The summed E-state index contributed by atoms with van der Waals surface area (Å²) in [5.41, 5.74) is 1.36. The molecule has 1 atom stereocenters. The lowest BCUT2D eigenvalue weighted by Gasteiger charge is -2.19. The Labute approximate surface area is 128 Å². The molecule has 0 radical (unpaired) electrons. The highest BCUT2D eigenvalue weighted by Gasteiger charge is 2.34. The van der Waals surface area contributed by atoms with E-state index in [0.717, 1.165) is 18.4 Å². The number of hydrogen-bond donors (Lipinski definition) is 1. The smallest absolute Gasteiger partial charge is 0.272 e. The number of aromatic nitrogens is 2. The third kappa shape index (κ3) is 3.22. The van der Waals surface area contributed by atoms with Gasteiger partial charge in [-0.3, -0.25) is 4.79 Å². The van der Waals surface area contributed by atoms with Crippen molar-refractivity contribution in [2.75, 3.05) is 0 Å². The van der Waals surface area contributed by atoms with E-state index in [-0.39, 0.29) is 22.7 Å². The van der Waals surface area contributed by atoms with Gasteiger partial charge in [0.1, 0.15) is 11.5 Å². The third-order valence-electron chi connectivity index (χ3n) is 3.62. The molecule has 1 N–H and O–H groups in total. The Morgan fingerprint density at radius 3 is 2.71 bits per heavy atom. The number of benzene rings is 1. The topological polar surface area (TPSA) is 54.9 Å². The lowest BCUT2D eigenvalue weighted by molar-refractivity contribution is 0.0926. The molecule has 4 nitrogen and oxygen atoms in total. The molecule has 1 aromatic carbocycles. The molecule has 108 valence electrons. The molecule has 0 saturated heterocycles. The van der Waals surface area contributed by atoms with E-state index in [9.17, 15) is 4.79 Å². The van der Waals surface area contributed by atoms with Gasteiger partial charge >= 0.3 is 0 Å². The molecule has 1 aliphatic carbocycles. The molecular formula is C16H16ClN3O. The van der Waals surface area contributed by atoms with E-state index in [4.69, 9.17) is 11.6 Å². The van der Waals surface area contributed by atoms with Crippen LogP contribution < -0.4 is 5.32 Å². The Hall–Kier alpha value is -1.94. The van der Waals surface area contributed by atoms with Crippen LogP contribution in [0.15, 0.2) is 36.5 Å². The average molecular weight is 302 g/mol. The van der Waals surface area contributed by atoms with Crippen molar-refractivity contribution in [1.82, 2.24) is 15.3 Å². The Kier molecular flexibility index (Phi) is 3.88. The maximum atomic E-state index is 12.4. The van der Waals surface area contributed by atoms with Gasteiger partial charge < -0.3 is 5.32 Å². The van der Waals surface area contributed by atoms with Crippen molar-refractivity contribution in [3.63, 3.8) is 0 Å². The van der Waals surface area contributed by atoms with Crippen molar-refractivity contribution >= 4 is 17.5 Å². The van der Waals surface area contributed by atoms with Crippen LogP contribution in [0.3, 0.4) is 0 Å². The minimum Gasteiger partial charge on any atom is -0.344 e. The second kappa shape index (κ2) is 5.82. The number of nitrogens with zero attached hydrogens (tertiary/aromatic N) is 2. The van der Waals surface area contributed by atoms with Crippen LogP contribution in [0, 0.1) is 12.8 Å². The van der Waals surface area contributed by atoms with Crippen LogP contribution in [0.4, 0.5) is 0 Å². The molecular weight excluding hydrogens is 286 g/mol. The Balaban J connectivity index is 1.83. The van der Waals surface area contributed by atoms with Crippen molar-refractivity contribution in [3.05, 3.63) is 58.6 Å². The van der Waals surface area contributed by atoms with E-state index < -0.39 is 0 Å². The number of hydrogen-bond acceptors (Lipinski definition) is 3. The van der Waals surface area contributed by atoms with Gasteiger partial charge in [0, 0.05) is 0 Å². The minimum atomic E-state index is -0.244. The molecule has 5 heteroatoms. The largest absolute Gasteiger partial charge is 0.344 e. The standard InChI is InChI=1S/C16H16ClN3O/c1-10-18-9-13(17)15(19-10)16(21)20-14(12-7-8-12)11-5-3-2-4-6-11/h2-6,9,12,14H,7-8H2,1H3,(H,20,21)/t14-/m0/s1. The number of aryl methyl sites for hydroxylation is 1. The highest BCUT2D eigenvalue weighted by Crippen LogP contribution is 2.41. The Bertz CT molecular complexity index is 656. The maximum absolute atomic E-state index is 12.4. The fourth-order valence-electron chi connectivity index (χ4n) is 2.39. The summed E-state index contributed by atoms with van der Waals surface area (Å²) in [5.74, 6) is 0.788. The summed E-state index contributed by atoms with van der Waals surface area (Å²) in [5, 5.41) is 3.34. The highest BCUT2D eigenvalue weighted by atomic mass is 35.5. The molecule has 2 aromatic rings. The number of carbonyl (C=O) groups excluding carboxylic acids is 1. The van der Waals surface area contributed by atoms with Crippen LogP contribution in [-0.2, 0) is 0 Å². The van der Waals surface area contributed by atoms with E-state index in [0.29, 0.717) is 11.7 Å². The van der Waals surface area contributed by atoms with Crippen LogP contribution in [0.1, 0.15) is 40.8 Å². The number of halogens is 1. The predicted octanol–water partition coefficient (Wildman–Crippen LogP) is 3.32. The molecule has 1 fully saturated rings. The number of amides is 1. The molecule has 3 rings (SSSR count). The summed E-state index contributed by atoms with van der Waals surface area (Å²) in [6.45, 7) is 1.74. The molecule has 0 spiro atoms. The highest BCUT2D eigenvalue weighted by molar-refractivity contribution is 6.33. The summed E-state index contributed by atoms with van der Waals surface area (Å²) in [4.78, 5) is 20.6. The summed E-state index contributed by atoms with van der Waals surface area (Å²) >= 11 is 6.03. The second-order valence-corrected chi connectivity index (χ2v) is 5.72. The molecule has 1 aliphatic rings. The fourth-order valence-corrected chi connectivity index (χ4v) is 2.56. The molecule has 0 bridgehead atoms. The summed E-state index contributed by atoms with van der Waals surface area (Å²) in [7, 11) is 0. The van der Waals surface area contributed by atoms with Gasteiger partial charge in [-0.2, -0.15) is 0 Å². The van der Waals surface area contributed by atoms with Crippen molar-refractivity contribution in [3.8, 4) is 0 Å². The van der Waals surface area contributed by atoms with E-state index >= 15 is 0 Å². The van der Waals surface area contributed by atoms with Crippen LogP contribution in [0.25, 0.3) is 0 Å². The van der Waals surface area contributed by atoms with Crippen LogP contribution in [0.5, 0.6) is 0 Å². The number of nitrogens with one attached hydrogen (secondary N) is 1. The molecule has 1 heterocycles. The zero-order valence-corrected chi connectivity index (χ0v) is 12.5. The normalized spacial score (nSPS) is 15.5. The van der Waals surface area contributed by atoms with Gasteiger partial charge in [-0.25, -0.2) is 9.97 Å². The van der Waals surface area contributed by atoms with Gasteiger partial charge in [0.05, 0.1) is 17.3 Å². The van der Waals surface area contributed by atoms with Crippen LogP contribution >= 0.6 is 11.6 Å². The Morgan fingerprint density at radius 2 is 2.05 bits per heavy atom.